The van der Waals surface area contributed by atoms with Crippen LogP contribution in [0.3, 0.4) is 0 Å². The smallest absolute Gasteiger partial charge is 0.248 e. The number of amides is 1. The predicted octanol–water partition coefficient (Wildman–Crippen LogP) is 2.62. The Balaban J connectivity index is 1.95. The van der Waals surface area contributed by atoms with E-state index in [2.05, 4.69) is 22.8 Å². The molecule has 114 valence electrons. The van der Waals surface area contributed by atoms with Gasteiger partial charge in [-0.15, -0.1) is 0 Å². The summed E-state index contributed by atoms with van der Waals surface area (Å²) in [5.74, 6) is 0.398. The van der Waals surface area contributed by atoms with Crippen LogP contribution in [-0.4, -0.2) is 32.1 Å². The first-order valence-corrected chi connectivity index (χ1v) is 8.09. The van der Waals surface area contributed by atoms with Crippen molar-refractivity contribution in [2.45, 2.75) is 32.6 Å². The highest BCUT2D eigenvalue weighted by atomic mass is 16.1. The molecule has 2 N–H and O–H groups in total. The summed E-state index contributed by atoms with van der Waals surface area (Å²) < 4.78 is 0. The Morgan fingerprint density at radius 1 is 1.10 bits per heavy atom. The maximum Gasteiger partial charge on any atom is 0.248 e. The Morgan fingerprint density at radius 3 is 2.48 bits per heavy atom. The van der Waals surface area contributed by atoms with E-state index in [9.17, 15) is 4.79 Å². The van der Waals surface area contributed by atoms with Crippen LogP contribution in [0.5, 0.6) is 0 Å². The van der Waals surface area contributed by atoms with Crippen molar-refractivity contribution in [3.8, 4) is 0 Å². The van der Waals surface area contributed by atoms with Crippen molar-refractivity contribution in [3.63, 3.8) is 0 Å². The first-order valence-electron chi connectivity index (χ1n) is 8.09. The molecule has 0 radical (unpaired) electrons. The van der Waals surface area contributed by atoms with E-state index < -0.39 is 0 Å². The fourth-order valence-corrected chi connectivity index (χ4v) is 3.56. The van der Waals surface area contributed by atoms with Crippen molar-refractivity contribution in [2.24, 2.45) is 11.7 Å². The quantitative estimate of drug-likeness (QED) is 0.929. The molecule has 0 aliphatic carbocycles. The molecule has 2 aliphatic rings. The average molecular weight is 287 g/mol. The lowest BCUT2D eigenvalue weighted by atomic mass is 9.99. The van der Waals surface area contributed by atoms with Crippen LogP contribution in [0.2, 0.25) is 0 Å². The van der Waals surface area contributed by atoms with Gasteiger partial charge in [-0.3, -0.25) is 4.79 Å². The minimum atomic E-state index is -0.339. The van der Waals surface area contributed by atoms with E-state index in [4.69, 9.17) is 5.73 Å². The molecule has 0 aromatic heterocycles. The van der Waals surface area contributed by atoms with E-state index in [1.807, 2.05) is 12.1 Å². The Labute approximate surface area is 126 Å². The van der Waals surface area contributed by atoms with Crippen molar-refractivity contribution >= 4 is 17.3 Å². The molecule has 1 atom stereocenters. The van der Waals surface area contributed by atoms with Gasteiger partial charge in [0.25, 0.3) is 0 Å². The summed E-state index contributed by atoms with van der Waals surface area (Å²) in [6.45, 7) is 6.70. The van der Waals surface area contributed by atoms with Crippen molar-refractivity contribution in [1.29, 1.82) is 0 Å². The van der Waals surface area contributed by atoms with Gasteiger partial charge in [0.2, 0.25) is 5.91 Å². The summed E-state index contributed by atoms with van der Waals surface area (Å²) >= 11 is 0. The molecule has 0 spiro atoms. The fraction of sp³-hybridized carbons (Fsp3) is 0.588. The molecule has 1 amide bonds. The molecule has 4 heteroatoms. The monoisotopic (exact) mass is 287 g/mol. The molecular formula is C17H25N3O. The van der Waals surface area contributed by atoms with Crippen LogP contribution in [-0.2, 0) is 0 Å². The maximum absolute atomic E-state index is 11.5. The third kappa shape index (κ3) is 2.99. The van der Waals surface area contributed by atoms with E-state index in [0.717, 1.165) is 32.1 Å². The molecule has 1 aromatic rings. The number of anilines is 2. The zero-order valence-electron chi connectivity index (χ0n) is 12.8. The highest BCUT2D eigenvalue weighted by Crippen LogP contribution is 2.35. The number of hydrogen-bond acceptors (Lipinski definition) is 3. The number of hydrogen-bond donors (Lipinski definition) is 1. The zero-order chi connectivity index (χ0) is 14.8. The third-order valence-electron chi connectivity index (χ3n) is 4.70. The van der Waals surface area contributed by atoms with Gasteiger partial charge in [0.1, 0.15) is 0 Å². The van der Waals surface area contributed by atoms with Crippen LogP contribution in [0.1, 0.15) is 43.0 Å². The summed E-state index contributed by atoms with van der Waals surface area (Å²) in [6.07, 6.45) is 5.03. The molecule has 21 heavy (non-hydrogen) atoms. The molecule has 1 unspecified atom stereocenters. The summed E-state index contributed by atoms with van der Waals surface area (Å²) in [7, 11) is 0. The lowest BCUT2D eigenvalue weighted by Crippen LogP contribution is -2.35. The molecule has 2 heterocycles. The van der Waals surface area contributed by atoms with Gasteiger partial charge in [-0.1, -0.05) is 6.92 Å². The predicted molar refractivity (Wildman–Crippen MR) is 87.0 cm³/mol. The van der Waals surface area contributed by atoms with Gasteiger partial charge in [-0.25, -0.2) is 0 Å². The van der Waals surface area contributed by atoms with Crippen LogP contribution in [0, 0.1) is 5.92 Å². The van der Waals surface area contributed by atoms with Crippen molar-refractivity contribution in [1.82, 2.24) is 0 Å². The van der Waals surface area contributed by atoms with Gasteiger partial charge >= 0.3 is 0 Å². The Bertz CT molecular complexity index is 523. The Morgan fingerprint density at radius 2 is 1.81 bits per heavy atom. The fourth-order valence-electron chi connectivity index (χ4n) is 3.56. The molecule has 1 aromatic carbocycles. The number of carbonyl (C=O) groups is 1. The average Bonchev–Trinajstić information content (AvgIpc) is 3.00. The lowest BCUT2D eigenvalue weighted by molar-refractivity contribution is 0.100. The SMILES string of the molecule is CC1CCCN(c2ccc(C(N)=O)cc2N2CCCC2)C1. The van der Waals surface area contributed by atoms with E-state index in [1.54, 1.807) is 0 Å². The van der Waals surface area contributed by atoms with Crippen molar-refractivity contribution in [3.05, 3.63) is 23.8 Å². The van der Waals surface area contributed by atoms with Crippen LogP contribution < -0.4 is 15.5 Å². The number of nitrogens with two attached hydrogens (primary N) is 1. The second kappa shape index (κ2) is 5.96. The van der Waals surface area contributed by atoms with Gasteiger partial charge in [-0.05, 0) is 49.8 Å². The van der Waals surface area contributed by atoms with Crippen LogP contribution in [0.25, 0.3) is 0 Å². The van der Waals surface area contributed by atoms with E-state index in [1.165, 1.54) is 37.1 Å². The maximum atomic E-state index is 11.5. The van der Waals surface area contributed by atoms with Crippen LogP contribution in [0.15, 0.2) is 18.2 Å². The van der Waals surface area contributed by atoms with Gasteiger partial charge < -0.3 is 15.5 Å². The van der Waals surface area contributed by atoms with E-state index >= 15 is 0 Å². The normalized spacial score (nSPS) is 22.6. The third-order valence-corrected chi connectivity index (χ3v) is 4.70. The second-order valence-electron chi connectivity index (χ2n) is 6.46. The van der Waals surface area contributed by atoms with E-state index in [-0.39, 0.29) is 5.91 Å². The van der Waals surface area contributed by atoms with Gasteiger partial charge in [0.05, 0.1) is 11.4 Å². The zero-order valence-corrected chi connectivity index (χ0v) is 12.8. The van der Waals surface area contributed by atoms with Crippen molar-refractivity contribution < 1.29 is 4.79 Å². The lowest BCUT2D eigenvalue weighted by Gasteiger charge is -2.36. The number of nitrogens with zero attached hydrogens (tertiary/aromatic N) is 2. The Hall–Kier alpha value is -1.71. The van der Waals surface area contributed by atoms with Gasteiger partial charge in [-0.2, -0.15) is 0 Å². The van der Waals surface area contributed by atoms with Crippen LogP contribution >= 0.6 is 0 Å². The largest absolute Gasteiger partial charge is 0.370 e. The number of piperidine rings is 1. The van der Waals surface area contributed by atoms with E-state index in [0.29, 0.717) is 5.56 Å². The molecular weight excluding hydrogens is 262 g/mol. The minimum Gasteiger partial charge on any atom is -0.370 e. The molecule has 4 nitrogen and oxygen atoms in total. The molecule has 3 rings (SSSR count). The summed E-state index contributed by atoms with van der Waals surface area (Å²) in [5.41, 5.74) is 8.54. The number of primary amides is 1. The van der Waals surface area contributed by atoms with Gasteiger partial charge in [0.15, 0.2) is 0 Å². The highest BCUT2D eigenvalue weighted by molar-refractivity contribution is 5.95. The first kappa shape index (κ1) is 14.2. The van der Waals surface area contributed by atoms with Crippen molar-refractivity contribution in [2.75, 3.05) is 36.0 Å². The topological polar surface area (TPSA) is 49.6 Å². The molecule has 0 saturated carbocycles. The summed E-state index contributed by atoms with van der Waals surface area (Å²) in [6, 6.07) is 5.95. The molecule has 0 bridgehead atoms. The molecule has 2 saturated heterocycles. The number of rotatable bonds is 3. The molecule has 2 fully saturated rings. The van der Waals surface area contributed by atoms with Gasteiger partial charge in [0, 0.05) is 31.7 Å². The second-order valence-corrected chi connectivity index (χ2v) is 6.46. The highest BCUT2D eigenvalue weighted by Gasteiger charge is 2.23. The standard InChI is InChI=1S/C17H25N3O/c1-13-5-4-10-20(12-13)15-7-6-14(17(18)21)11-16(15)19-8-2-3-9-19/h6-7,11,13H,2-5,8-10,12H2,1H3,(H2,18,21). The van der Waals surface area contributed by atoms with Crippen LogP contribution in [0.4, 0.5) is 11.4 Å². The molecule has 2 aliphatic heterocycles. The summed E-state index contributed by atoms with van der Waals surface area (Å²) in [4.78, 5) is 16.4. The minimum absolute atomic E-state index is 0.339. The Kier molecular flexibility index (Phi) is 4.04. The number of benzene rings is 1. The number of carbonyl (C=O) groups excluding carboxylic acids is 1. The summed E-state index contributed by atoms with van der Waals surface area (Å²) in [5, 5.41) is 0. The first-order chi connectivity index (χ1) is 10.1.